The third-order valence-electron chi connectivity index (χ3n) is 5.08. The summed E-state index contributed by atoms with van der Waals surface area (Å²) in [5, 5.41) is 10.2. The molecule has 0 radical (unpaired) electrons. The van der Waals surface area contributed by atoms with Gasteiger partial charge in [-0.1, -0.05) is 86.1 Å². The van der Waals surface area contributed by atoms with Crippen LogP contribution in [0, 0.1) is 12.3 Å². The third kappa shape index (κ3) is 6.42. The minimum absolute atomic E-state index is 0.175. The summed E-state index contributed by atoms with van der Waals surface area (Å²) in [7, 11) is 0. The van der Waals surface area contributed by atoms with Crippen molar-refractivity contribution in [3.8, 4) is 0 Å². The van der Waals surface area contributed by atoms with Crippen LogP contribution in [0.4, 0.5) is 0 Å². The smallest absolute Gasteiger partial charge is 0.192 e. The molecule has 31 heavy (non-hydrogen) atoms. The van der Waals surface area contributed by atoms with E-state index in [1.165, 1.54) is 17.3 Å². The van der Waals surface area contributed by atoms with E-state index >= 15 is 0 Å². The normalized spacial score (nSPS) is 12.7. The topological polar surface area (TPSA) is 73.8 Å². The van der Waals surface area contributed by atoms with Gasteiger partial charge in [0.2, 0.25) is 0 Å². The number of thioether (sulfide) groups is 1. The second kappa shape index (κ2) is 9.98. The predicted octanol–water partition coefficient (Wildman–Crippen LogP) is 5.24. The number of aryl methyl sites for hydroxylation is 1. The van der Waals surface area contributed by atoms with Crippen LogP contribution in [-0.4, -0.2) is 26.3 Å². The van der Waals surface area contributed by atoms with Crippen molar-refractivity contribution in [2.45, 2.75) is 51.9 Å². The second-order valence-corrected chi connectivity index (χ2v) is 10.2. The molecule has 164 valence electrons. The molecule has 1 atom stereocenters. The molecule has 3 aromatic rings. The SMILES string of the molecule is Cc1ccc(Cn2c(SCC(=O)C(C)(C)C)nnc2C(N)Cc2ccc(Cl)cc2)cc1. The number of nitrogens with zero attached hydrogens (tertiary/aromatic N) is 3. The van der Waals surface area contributed by atoms with E-state index in [0.717, 1.165) is 11.1 Å². The summed E-state index contributed by atoms with van der Waals surface area (Å²) in [6.45, 7) is 8.46. The van der Waals surface area contributed by atoms with Gasteiger partial charge in [0.1, 0.15) is 5.78 Å². The van der Waals surface area contributed by atoms with E-state index < -0.39 is 0 Å². The molecular weight excluding hydrogens is 428 g/mol. The van der Waals surface area contributed by atoms with Gasteiger partial charge in [0.25, 0.3) is 0 Å². The number of carbonyl (C=O) groups excluding carboxylic acids is 1. The molecule has 0 fully saturated rings. The molecule has 0 spiro atoms. The van der Waals surface area contributed by atoms with E-state index in [9.17, 15) is 4.79 Å². The van der Waals surface area contributed by atoms with Gasteiger partial charge in [-0.3, -0.25) is 4.79 Å². The molecule has 0 aliphatic heterocycles. The molecule has 1 aromatic heterocycles. The first kappa shape index (κ1) is 23.5. The van der Waals surface area contributed by atoms with E-state index in [2.05, 4.69) is 41.4 Å². The lowest BCUT2D eigenvalue weighted by Gasteiger charge is -2.17. The molecule has 7 heteroatoms. The second-order valence-electron chi connectivity index (χ2n) is 8.81. The summed E-state index contributed by atoms with van der Waals surface area (Å²) in [5.74, 6) is 1.23. The van der Waals surface area contributed by atoms with Crippen LogP contribution in [0.3, 0.4) is 0 Å². The number of aromatic nitrogens is 3. The van der Waals surface area contributed by atoms with Gasteiger partial charge in [0.15, 0.2) is 11.0 Å². The van der Waals surface area contributed by atoms with Gasteiger partial charge in [0.05, 0.1) is 18.3 Å². The van der Waals surface area contributed by atoms with E-state index in [4.69, 9.17) is 17.3 Å². The van der Waals surface area contributed by atoms with Crippen LogP contribution in [0.15, 0.2) is 53.7 Å². The molecule has 0 saturated heterocycles. The predicted molar refractivity (Wildman–Crippen MR) is 128 cm³/mol. The Morgan fingerprint density at radius 2 is 1.68 bits per heavy atom. The Bertz CT molecular complexity index is 1020. The fraction of sp³-hybridized carbons (Fsp3) is 0.375. The van der Waals surface area contributed by atoms with Gasteiger partial charge in [-0.15, -0.1) is 10.2 Å². The zero-order valence-electron chi connectivity index (χ0n) is 18.4. The van der Waals surface area contributed by atoms with Crippen molar-refractivity contribution < 1.29 is 4.79 Å². The van der Waals surface area contributed by atoms with Gasteiger partial charge < -0.3 is 10.3 Å². The summed E-state index contributed by atoms with van der Waals surface area (Å²) in [6.07, 6.45) is 0.620. The molecule has 0 amide bonds. The van der Waals surface area contributed by atoms with Crippen molar-refractivity contribution in [1.29, 1.82) is 0 Å². The van der Waals surface area contributed by atoms with E-state index in [-0.39, 0.29) is 17.2 Å². The Morgan fingerprint density at radius 3 is 2.29 bits per heavy atom. The number of hydrogen-bond donors (Lipinski definition) is 1. The molecule has 0 saturated carbocycles. The monoisotopic (exact) mass is 456 g/mol. The van der Waals surface area contributed by atoms with E-state index in [1.807, 2.05) is 49.6 Å². The largest absolute Gasteiger partial charge is 0.321 e. The number of rotatable bonds is 8. The van der Waals surface area contributed by atoms with Crippen LogP contribution >= 0.6 is 23.4 Å². The number of benzene rings is 2. The lowest BCUT2D eigenvalue weighted by Crippen LogP contribution is -2.22. The highest BCUT2D eigenvalue weighted by Gasteiger charge is 2.24. The summed E-state index contributed by atoms with van der Waals surface area (Å²) in [4.78, 5) is 12.4. The maximum Gasteiger partial charge on any atom is 0.192 e. The average Bonchev–Trinajstić information content (AvgIpc) is 3.11. The fourth-order valence-corrected chi connectivity index (χ4v) is 4.25. The maximum atomic E-state index is 12.4. The Labute approximate surface area is 193 Å². The molecule has 0 bridgehead atoms. The van der Waals surface area contributed by atoms with Crippen molar-refractivity contribution in [2.24, 2.45) is 11.1 Å². The van der Waals surface area contributed by atoms with Crippen LogP contribution in [0.2, 0.25) is 5.02 Å². The molecular formula is C24H29ClN4OS. The molecule has 0 aliphatic rings. The van der Waals surface area contributed by atoms with E-state index in [0.29, 0.717) is 34.7 Å². The standard InChI is InChI=1S/C24H29ClN4OS/c1-16-5-7-18(8-6-16)14-29-22(20(26)13-17-9-11-19(25)12-10-17)27-28-23(29)31-15-21(30)24(2,3)4/h5-12,20H,13-15,26H2,1-4H3. The zero-order valence-corrected chi connectivity index (χ0v) is 20.0. The van der Waals surface area contributed by atoms with Gasteiger partial charge in [-0.2, -0.15) is 0 Å². The highest BCUT2D eigenvalue weighted by Crippen LogP contribution is 2.26. The van der Waals surface area contributed by atoms with Crippen LogP contribution < -0.4 is 5.73 Å². The Morgan fingerprint density at radius 1 is 1.06 bits per heavy atom. The minimum atomic E-state index is -0.386. The minimum Gasteiger partial charge on any atom is -0.321 e. The number of carbonyl (C=O) groups is 1. The molecule has 0 aliphatic carbocycles. The average molecular weight is 457 g/mol. The van der Waals surface area contributed by atoms with Gasteiger partial charge in [-0.25, -0.2) is 0 Å². The first-order valence-corrected chi connectivity index (χ1v) is 11.6. The van der Waals surface area contributed by atoms with Gasteiger partial charge in [-0.05, 0) is 36.6 Å². The lowest BCUT2D eigenvalue weighted by atomic mass is 9.92. The van der Waals surface area contributed by atoms with Crippen molar-refractivity contribution in [3.63, 3.8) is 0 Å². The molecule has 1 unspecified atom stereocenters. The fourth-order valence-electron chi connectivity index (χ4n) is 3.02. The van der Waals surface area contributed by atoms with E-state index in [1.54, 1.807) is 0 Å². The molecule has 2 N–H and O–H groups in total. The van der Waals surface area contributed by atoms with Crippen molar-refractivity contribution >= 4 is 29.1 Å². The first-order chi connectivity index (χ1) is 14.6. The molecule has 1 heterocycles. The maximum absolute atomic E-state index is 12.4. The van der Waals surface area contributed by atoms with Crippen LogP contribution in [0.1, 0.15) is 49.3 Å². The number of halogens is 1. The number of nitrogens with two attached hydrogens (primary N) is 1. The molecule has 5 nitrogen and oxygen atoms in total. The van der Waals surface area contributed by atoms with Crippen molar-refractivity contribution in [3.05, 3.63) is 76.1 Å². The Balaban J connectivity index is 1.86. The number of Topliss-reactive ketones (excluding diaryl/α,β-unsaturated/α-hetero) is 1. The van der Waals surface area contributed by atoms with Gasteiger partial charge >= 0.3 is 0 Å². The number of ketones is 1. The first-order valence-electron chi connectivity index (χ1n) is 10.3. The van der Waals surface area contributed by atoms with Crippen LogP contribution in [0.5, 0.6) is 0 Å². The molecule has 3 rings (SSSR count). The lowest BCUT2D eigenvalue weighted by molar-refractivity contribution is -0.123. The summed E-state index contributed by atoms with van der Waals surface area (Å²) in [6, 6.07) is 15.7. The zero-order chi connectivity index (χ0) is 22.6. The van der Waals surface area contributed by atoms with Crippen LogP contribution in [-0.2, 0) is 17.8 Å². The van der Waals surface area contributed by atoms with Crippen molar-refractivity contribution in [1.82, 2.24) is 14.8 Å². The Kier molecular flexibility index (Phi) is 7.57. The summed E-state index contributed by atoms with van der Waals surface area (Å²) >= 11 is 7.42. The highest BCUT2D eigenvalue weighted by molar-refractivity contribution is 7.99. The Hall–Kier alpha value is -2.15. The van der Waals surface area contributed by atoms with Crippen molar-refractivity contribution in [2.75, 3.05) is 5.75 Å². The third-order valence-corrected chi connectivity index (χ3v) is 6.29. The highest BCUT2D eigenvalue weighted by atomic mass is 35.5. The van der Waals surface area contributed by atoms with Crippen LogP contribution in [0.25, 0.3) is 0 Å². The summed E-state index contributed by atoms with van der Waals surface area (Å²) in [5.41, 5.74) is 9.59. The summed E-state index contributed by atoms with van der Waals surface area (Å²) < 4.78 is 2.03. The number of hydrogen-bond acceptors (Lipinski definition) is 5. The quantitative estimate of drug-likeness (QED) is 0.469. The molecule has 2 aromatic carbocycles. The van der Waals surface area contributed by atoms with Gasteiger partial charge in [0, 0.05) is 10.4 Å².